The molecule has 1 aliphatic rings. The first-order valence-corrected chi connectivity index (χ1v) is 5.56. The van der Waals surface area contributed by atoms with Crippen molar-refractivity contribution in [1.29, 1.82) is 0 Å². The van der Waals surface area contributed by atoms with E-state index in [-0.39, 0.29) is 5.75 Å². The fraction of sp³-hybridized carbons (Fsp3) is 0.300. The van der Waals surface area contributed by atoms with Crippen LogP contribution < -0.4 is 5.32 Å². The van der Waals surface area contributed by atoms with Gasteiger partial charge < -0.3 is 10.2 Å². The molecule has 0 saturated heterocycles. The van der Waals surface area contributed by atoms with E-state index in [0.29, 0.717) is 12.3 Å². The molecule has 0 radical (unpaired) electrons. The number of carboxylic acids is 1. The molecule has 80 valence electrons. The lowest BCUT2D eigenvalue weighted by Gasteiger charge is -2.08. The van der Waals surface area contributed by atoms with Crippen LogP contribution in [0.25, 0.3) is 0 Å². The van der Waals surface area contributed by atoms with E-state index in [9.17, 15) is 9.90 Å². The quantitative estimate of drug-likeness (QED) is 0.666. The van der Waals surface area contributed by atoms with E-state index in [0.717, 1.165) is 10.5 Å². The third-order valence-electron chi connectivity index (χ3n) is 2.29. The van der Waals surface area contributed by atoms with Crippen LogP contribution in [0.5, 0.6) is 5.75 Å². The van der Waals surface area contributed by atoms with Crippen LogP contribution in [0, 0.1) is 0 Å². The third kappa shape index (κ3) is 2.24. The number of aromatic hydroxyl groups is 1. The highest BCUT2D eigenvalue weighted by Gasteiger charge is 2.21. The Hall–Kier alpha value is -1.20. The zero-order chi connectivity index (χ0) is 10.8. The van der Waals surface area contributed by atoms with E-state index < -0.39 is 12.0 Å². The molecule has 0 bridgehead atoms. The summed E-state index contributed by atoms with van der Waals surface area (Å²) in [6.45, 7) is 0.527. The van der Waals surface area contributed by atoms with Gasteiger partial charge in [-0.15, -0.1) is 11.8 Å². The zero-order valence-electron chi connectivity index (χ0n) is 7.93. The second kappa shape index (κ2) is 4.12. The van der Waals surface area contributed by atoms with Crippen LogP contribution >= 0.6 is 11.8 Å². The monoisotopic (exact) mass is 225 g/mol. The van der Waals surface area contributed by atoms with E-state index in [1.807, 2.05) is 6.07 Å². The summed E-state index contributed by atoms with van der Waals surface area (Å²) < 4.78 is 0. The van der Waals surface area contributed by atoms with Crippen LogP contribution in [0.1, 0.15) is 5.56 Å². The van der Waals surface area contributed by atoms with Crippen molar-refractivity contribution in [2.24, 2.45) is 0 Å². The standard InChI is InChI=1S/C10H11NO3S/c12-7-2-1-6-4-11-8(10(13)14)5-15-9(6)3-7/h1-3,8,11-12H,4-5H2,(H,13,14). The van der Waals surface area contributed by atoms with E-state index >= 15 is 0 Å². The molecule has 1 aliphatic heterocycles. The smallest absolute Gasteiger partial charge is 0.321 e. The first-order valence-electron chi connectivity index (χ1n) is 4.57. The molecular formula is C10H11NO3S. The van der Waals surface area contributed by atoms with E-state index in [4.69, 9.17) is 5.11 Å². The van der Waals surface area contributed by atoms with Gasteiger partial charge in [0.1, 0.15) is 11.8 Å². The van der Waals surface area contributed by atoms with Gasteiger partial charge in [0.25, 0.3) is 0 Å². The van der Waals surface area contributed by atoms with Crippen molar-refractivity contribution < 1.29 is 15.0 Å². The Bertz CT molecular complexity index is 394. The molecule has 0 fully saturated rings. The van der Waals surface area contributed by atoms with E-state index in [2.05, 4.69) is 5.32 Å². The Labute approximate surface area is 91.3 Å². The number of phenolic OH excluding ortho intramolecular Hbond substituents is 1. The molecule has 1 aromatic rings. The Morgan fingerprint density at radius 3 is 3.07 bits per heavy atom. The van der Waals surface area contributed by atoms with Crippen LogP contribution in [0.3, 0.4) is 0 Å². The summed E-state index contributed by atoms with van der Waals surface area (Å²) in [6.07, 6.45) is 0. The molecule has 0 aromatic heterocycles. The van der Waals surface area contributed by atoms with Gasteiger partial charge in [-0.2, -0.15) is 0 Å². The predicted octanol–water partition coefficient (Wildman–Crippen LogP) is 1.04. The summed E-state index contributed by atoms with van der Waals surface area (Å²) in [7, 11) is 0. The summed E-state index contributed by atoms with van der Waals surface area (Å²) in [5, 5.41) is 21.1. The van der Waals surface area contributed by atoms with Crippen molar-refractivity contribution in [2.75, 3.05) is 5.75 Å². The molecule has 1 heterocycles. The van der Waals surface area contributed by atoms with Gasteiger partial charge in [-0.05, 0) is 17.7 Å². The van der Waals surface area contributed by atoms with Gasteiger partial charge in [0.2, 0.25) is 0 Å². The maximum Gasteiger partial charge on any atom is 0.321 e. The Kier molecular flexibility index (Phi) is 2.83. The summed E-state index contributed by atoms with van der Waals surface area (Å²) in [5.74, 6) is -0.138. The molecule has 15 heavy (non-hydrogen) atoms. The average molecular weight is 225 g/mol. The average Bonchev–Trinajstić information content (AvgIpc) is 2.39. The summed E-state index contributed by atoms with van der Waals surface area (Å²) in [4.78, 5) is 11.8. The first kappa shape index (κ1) is 10.3. The number of carboxylic acid groups (broad SMARTS) is 1. The lowest BCUT2D eigenvalue weighted by Crippen LogP contribution is -2.37. The molecule has 1 atom stereocenters. The number of thioether (sulfide) groups is 1. The lowest BCUT2D eigenvalue weighted by molar-refractivity contribution is -0.138. The normalized spacial score (nSPS) is 20.4. The molecule has 0 spiro atoms. The van der Waals surface area contributed by atoms with Crippen molar-refractivity contribution in [3.05, 3.63) is 23.8 Å². The second-order valence-electron chi connectivity index (χ2n) is 3.37. The molecule has 0 saturated carbocycles. The minimum absolute atomic E-state index is 0.218. The number of nitrogens with one attached hydrogen (secondary N) is 1. The summed E-state index contributed by atoms with van der Waals surface area (Å²) >= 11 is 1.46. The van der Waals surface area contributed by atoms with Crippen LogP contribution in [0.2, 0.25) is 0 Å². The number of aliphatic carboxylic acids is 1. The summed E-state index contributed by atoms with van der Waals surface area (Å²) in [6, 6.07) is 4.58. The molecule has 1 unspecified atom stereocenters. The Balaban J connectivity index is 2.21. The van der Waals surface area contributed by atoms with Crippen LogP contribution in [0.15, 0.2) is 23.1 Å². The third-order valence-corrected chi connectivity index (χ3v) is 3.48. The van der Waals surface area contributed by atoms with E-state index in [1.165, 1.54) is 11.8 Å². The highest BCUT2D eigenvalue weighted by atomic mass is 32.2. The van der Waals surface area contributed by atoms with Gasteiger partial charge in [0.05, 0.1) is 0 Å². The van der Waals surface area contributed by atoms with Gasteiger partial charge in [0.15, 0.2) is 0 Å². The fourth-order valence-electron chi connectivity index (χ4n) is 1.45. The van der Waals surface area contributed by atoms with Crippen LogP contribution in [-0.4, -0.2) is 28.0 Å². The van der Waals surface area contributed by atoms with Gasteiger partial charge >= 0.3 is 5.97 Å². The molecule has 3 N–H and O–H groups in total. The molecule has 2 rings (SSSR count). The van der Waals surface area contributed by atoms with Gasteiger partial charge in [-0.1, -0.05) is 6.07 Å². The SMILES string of the molecule is O=C(O)C1CSc2cc(O)ccc2CN1. The predicted molar refractivity (Wildman–Crippen MR) is 57.1 cm³/mol. The molecule has 4 nitrogen and oxygen atoms in total. The maximum absolute atomic E-state index is 10.8. The number of fused-ring (bicyclic) bond motifs is 1. The van der Waals surface area contributed by atoms with Crippen molar-refractivity contribution >= 4 is 17.7 Å². The lowest BCUT2D eigenvalue weighted by atomic mass is 10.2. The largest absolute Gasteiger partial charge is 0.508 e. The maximum atomic E-state index is 10.8. The highest BCUT2D eigenvalue weighted by Crippen LogP contribution is 2.29. The second-order valence-corrected chi connectivity index (χ2v) is 4.44. The van der Waals surface area contributed by atoms with Crippen LogP contribution in [0.4, 0.5) is 0 Å². The van der Waals surface area contributed by atoms with Crippen molar-refractivity contribution in [3.8, 4) is 5.75 Å². The number of hydrogen-bond acceptors (Lipinski definition) is 4. The van der Waals surface area contributed by atoms with Crippen LogP contribution in [-0.2, 0) is 11.3 Å². The Morgan fingerprint density at radius 2 is 2.33 bits per heavy atom. The minimum atomic E-state index is -0.834. The van der Waals surface area contributed by atoms with Gasteiger partial charge in [0, 0.05) is 17.2 Å². The number of hydrogen-bond donors (Lipinski definition) is 3. The van der Waals surface area contributed by atoms with E-state index in [1.54, 1.807) is 12.1 Å². The van der Waals surface area contributed by atoms with Crippen molar-refractivity contribution in [3.63, 3.8) is 0 Å². The first-order chi connectivity index (χ1) is 7.16. The summed E-state index contributed by atoms with van der Waals surface area (Å²) in [5.41, 5.74) is 1.03. The van der Waals surface area contributed by atoms with Crippen molar-refractivity contribution in [2.45, 2.75) is 17.5 Å². The number of benzene rings is 1. The fourth-order valence-corrected chi connectivity index (χ4v) is 2.58. The number of carbonyl (C=O) groups is 1. The topological polar surface area (TPSA) is 69.6 Å². The van der Waals surface area contributed by atoms with Crippen molar-refractivity contribution in [1.82, 2.24) is 5.32 Å². The highest BCUT2D eigenvalue weighted by molar-refractivity contribution is 7.99. The molecule has 1 aromatic carbocycles. The Morgan fingerprint density at radius 1 is 1.53 bits per heavy atom. The van der Waals surface area contributed by atoms with Gasteiger partial charge in [-0.25, -0.2) is 0 Å². The zero-order valence-corrected chi connectivity index (χ0v) is 8.75. The minimum Gasteiger partial charge on any atom is -0.508 e. The molecule has 0 amide bonds. The number of phenols is 1. The number of rotatable bonds is 1. The molecular weight excluding hydrogens is 214 g/mol. The molecule has 0 aliphatic carbocycles. The molecule has 5 heteroatoms. The van der Waals surface area contributed by atoms with Gasteiger partial charge in [-0.3, -0.25) is 10.1 Å².